The van der Waals surface area contributed by atoms with Crippen molar-refractivity contribution in [2.45, 2.75) is 52.0 Å². The quantitative estimate of drug-likeness (QED) is 0.451. The summed E-state index contributed by atoms with van der Waals surface area (Å²) in [5, 5.41) is 0. The largest absolute Gasteiger partial charge is 0.388 e. The zero-order chi connectivity index (χ0) is 9.19. The number of hydrogen-bond acceptors (Lipinski definition) is 1. The molecule has 0 atom stereocenters. The van der Waals surface area contributed by atoms with Gasteiger partial charge in [0.25, 0.3) is 0 Å². The van der Waals surface area contributed by atoms with Gasteiger partial charge in [-0.1, -0.05) is 6.92 Å². The maximum absolute atomic E-state index is 5.59. The van der Waals surface area contributed by atoms with Crippen molar-refractivity contribution < 1.29 is 0 Å². The molecule has 3 heteroatoms. The molecule has 0 unspecified atom stereocenters. The summed E-state index contributed by atoms with van der Waals surface area (Å²) >= 11 is 0. The molecule has 2 nitrogen and oxygen atoms in total. The molecule has 0 radical (unpaired) electrons. The van der Waals surface area contributed by atoms with E-state index < -0.39 is 0 Å². The fourth-order valence-electron chi connectivity index (χ4n) is 1.92. The Hall–Kier alpha value is 0.200. The summed E-state index contributed by atoms with van der Waals surface area (Å²) in [7, 11) is 0. The molecule has 0 saturated heterocycles. The van der Waals surface area contributed by atoms with Crippen LogP contribution >= 0.6 is 24.0 Å². The number of aliphatic imine (C=N–C) groups is 1. The van der Waals surface area contributed by atoms with Crippen LogP contribution in [0.5, 0.6) is 0 Å². The average Bonchev–Trinajstić information content (AvgIpc) is 1.94. The van der Waals surface area contributed by atoms with E-state index in [0.29, 0.717) is 0 Å². The number of halogens is 1. The van der Waals surface area contributed by atoms with E-state index in [4.69, 9.17) is 5.73 Å². The smallest absolute Gasteiger partial charge is 0.0912 e. The Morgan fingerprint density at radius 2 is 1.85 bits per heavy atom. The average molecular weight is 296 g/mol. The molecule has 0 aliphatic heterocycles. The highest BCUT2D eigenvalue weighted by atomic mass is 127. The molecule has 0 heterocycles. The lowest BCUT2D eigenvalue weighted by Crippen LogP contribution is -2.30. The van der Waals surface area contributed by atoms with Crippen LogP contribution < -0.4 is 5.73 Å². The summed E-state index contributed by atoms with van der Waals surface area (Å²) in [6.45, 7) is 6.41. The minimum atomic E-state index is 0. The van der Waals surface area contributed by atoms with Crippen LogP contribution in [0.15, 0.2) is 4.99 Å². The molecule has 2 N–H and O–H groups in total. The molecule has 0 aromatic carbocycles. The van der Waals surface area contributed by atoms with Gasteiger partial charge in [0.15, 0.2) is 0 Å². The summed E-state index contributed by atoms with van der Waals surface area (Å²) in [5.74, 6) is 1.61. The molecule has 1 fully saturated rings. The lowest BCUT2D eigenvalue weighted by molar-refractivity contribution is 0.266. The van der Waals surface area contributed by atoms with E-state index in [2.05, 4.69) is 18.8 Å². The Labute approximate surface area is 98.4 Å². The number of amidine groups is 1. The summed E-state index contributed by atoms with van der Waals surface area (Å²) in [6, 6.07) is 0. The molecule has 1 rings (SSSR count). The van der Waals surface area contributed by atoms with Gasteiger partial charge in [-0.2, -0.15) is 0 Å². The molecular formula is C10H21IN2. The minimum absolute atomic E-state index is 0. The third-order valence-corrected chi connectivity index (χ3v) is 2.80. The lowest BCUT2D eigenvalue weighted by Gasteiger charge is -2.33. The zero-order valence-corrected chi connectivity index (χ0v) is 11.2. The van der Waals surface area contributed by atoms with E-state index in [1.54, 1.807) is 0 Å². The van der Waals surface area contributed by atoms with Crippen molar-refractivity contribution in [2.75, 3.05) is 0 Å². The van der Waals surface area contributed by atoms with Gasteiger partial charge in [-0.3, -0.25) is 4.99 Å². The second-order valence-corrected chi connectivity index (χ2v) is 4.43. The zero-order valence-electron chi connectivity index (χ0n) is 8.84. The van der Waals surface area contributed by atoms with Gasteiger partial charge in [0.2, 0.25) is 0 Å². The lowest BCUT2D eigenvalue weighted by atomic mass is 9.79. The molecule has 1 aliphatic carbocycles. The second kappa shape index (κ2) is 5.17. The maximum Gasteiger partial charge on any atom is 0.0912 e. The van der Waals surface area contributed by atoms with Gasteiger partial charge >= 0.3 is 0 Å². The van der Waals surface area contributed by atoms with Crippen LogP contribution in [0, 0.1) is 5.92 Å². The Kier molecular flexibility index (Phi) is 5.25. The van der Waals surface area contributed by atoms with Gasteiger partial charge in [0.05, 0.1) is 11.4 Å². The van der Waals surface area contributed by atoms with Crippen LogP contribution in [-0.4, -0.2) is 11.4 Å². The van der Waals surface area contributed by atoms with E-state index in [0.717, 1.165) is 11.8 Å². The van der Waals surface area contributed by atoms with E-state index in [1.165, 1.54) is 25.7 Å². The van der Waals surface area contributed by atoms with Crippen molar-refractivity contribution in [3.05, 3.63) is 0 Å². The van der Waals surface area contributed by atoms with Crippen molar-refractivity contribution in [1.82, 2.24) is 0 Å². The van der Waals surface area contributed by atoms with E-state index in [-0.39, 0.29) is 29.5 Å². The summed E-state index contributed by atoms with van der Waals surface area (Å²) in [4.78, 5) is 4.50. The fourth-order valence-corrected chi connectivity index (χ4v) is 1.92. The predicted octanol–water partition coefficient (Wildman–Crippen LogP) is 2.95. The monoisotopic (exact) mass is 296 g/mol. The third-order valence-electron chi connectivity index (χ3n) is 2.80. The Morgan fingerprint density at radius 1 is 1.38 bits per heavy atom. The van der Waals surface area contributed by atoms with Gasteiger partial charge in [0.1, 0.15) is 0 Å². The number of rotatable bonds is 1. The van der Waals surface area contributed by atoms with Gasteiger partial charge < -0.3 is 5.73 Å². The number of nitrogens with two attached hydrogens (primary N) is 1. The topological polar surface area (TPSA) is 38.4 Å². The molecule has 0 amide bonds. The van der Waals surface area contributed by atoms with Crippen molar-refractivity contribution in [3.63, 3.8) is 0 Å². The van der Waals surface area contributed by atoms with E-state index >= 15 is 0 Å². The highest BCUT2D eigenvalue weighted by Gasteiger charge is 2.28. The van der Waals surface area contributed by atoms with Gasteiger partial charge in [-0.15, -0.1) is 24.0 Å². The Bertz CT molecular complexity index is 177. The van der Waals surface area contributed by atoms with Crippen molar-refractivity contribution in [2.24, 2.45) is 16.6 Å². The summed E-state index contributed by atoms with van der Waals surface area (Å²) in [5.41, 5.74) is 5.74. The molecule has 1 saturated carbocycles. The molecule has 0 bridgehead atoms. The molecule has 13 heavy (non-hydrogen) atoms. The van der Waals surface area contributed by atoms with Crippen LogP contribution in [0.2, 0.25) is 0 Å². The first kappa shape index (κ1) is 13.2. The fraction of sp³-hybridized carbons (Fsp3) is 0.900. The van der Waals surface area contributed by atoms with Crippen LogP contribution in [0.25, 0.3) is 0 Å². The third kappa shape index (κ3) is 4.29. The first-order valence-electron chi connectivity index (χ1n) is 4.84. The van der Waals surface area contributed by atoms with Crippen molar-refractivity contribution in [3.8, 4) is 0 Å². The van der Waals surface area contributed by atoms with E-state index in [9.17, 15) is 0 Å². The first-order valence-corrected chi connectivity index (χ1v) is 4.84. The van der Waals surface area contributed by atoms with Gasteiger partial charge in [0, 0.05) is 0 Å². The van der Waals surface area contributed by atoms with Crippen LogP contribution in [0.1, 0.15) is 46.5 Å². The Balaban J connectivity index is 0.00000144. The summed E-state index contributed by atoms with van der Waals surface area (Å²) < 4.78 is 0. The number of nitrogens with zero attached hydrogens (tertiary/aromatic N) is 1. The predicted molar refractivity (Wildman–Crippen MR) is 68.7 cm³/mol. The Morgan fingerprint density at radius 3 is 2.23 bits per heavy atom. The minimum Gasteiger partial charge on any atom is -0.388 e. The first-order chi connectivity index (χ1) is 5.52. The standard InChI is InChI=1S/C10H20N2.HI/c1-8-4-6-10(3,7-5-8)12-9(2)11;/h8H,4-7H2,1-3H3,(H2,11,12);1H. The SMILES string of the molecule is CC(N)=NC1(C)CCC(C)CC1.I. The number of hydrogen-bond donors (Lipinski definition) is 1. The van der Waals surface area contributed by atoms with Crippen molar-refractivity contribution in [1.29, 1.82) is 0 Å². The van der Waals surface area contributed by atoms with Crippen LogP contribution in [0.3, 0.4) is 0 Å². The highest BCUT2D eigenvalue weighted by Crippen LogP contribution is 2.34. The molecule has 78 valence electrons. The maximum atomic E-state index is 5.59. The van der Waals surface area contributed by atoms with Crippen LogP contribution in [0.4, 0.5) is 0 Å². The molecule has 0 aromatic heterocycles. The van der Waals surface area contributed by atoms with Gasteiger partial charge in [-0.05, 0) is 45.4 Å². The summed E-state index contributed by atoms with van der Waals surface area (Å²) in [6.07, 6.45) is 4.99. The second-order valence-electron chi connectivity index (χ2n) is 4.43. The van der Waals surface area contributed by atoms with E-state index in [1.807, 2.05) is 6.92 Å². The molecular weight excluding hydrogens is 275 g/mol. The van der Waals surface area contributed by atoms with Crippen molar-refractivity contribution >= 4 is 29.8 Å². The normalized spacial score (nSPS) is 35.3. The van der Waals surface area contributed by atoms with Crippen LogP contribution in [-0.2, 0) is 0 Å². The molecule has 1 aliphatic rings. The highest BCUT2D eigenvalue weighted by molar-refractivity contribution is 14.0. The molecule has 0 spiro atoms. The van der Waals surface area contributed by atoms with Gasteiger partial charge in [-0.25, -0.2) is 0 Å². The molecule has 0 aromatic rings.